The van der Waals surface area contributed by atoms with Gasteiger partial charge in [-0.15, -0.1) is 11.3 Å². The van der Waals surface area contributed by atoms with E-state index < -0.39 is 0 Å². The number of fused-ring (bicyclic) bond motifs is 1. The average Bonchev–Trinajstić information content (AvgIpc) is 2.85. The lowest BCUT2D eigenvalue weighted by molar-refractivity contribution is -0.382. The number of nitrogens with zero attached hydrogens (tertiary/aromatic N) is 2. The van der Waals surface area contributed by atoms with Crippen molar-refractivity contribution in [1.82, 2.24) is 4.98 Å². The van der Waals surface area contributed by atoms with E-state index in [-0.39, 0.29) is 16.7 Å². The highest BCUT2D eigenvalue weighted by Gasteiger charge is 2.21. The first-order chi connectivity index (χ1) is 9.17. The molecule has 0 saturated heterocycles. The zero-order chi connectivity index (χ0) is 13.8. The summed E-state index contributed by atoms with van der Waals surface area (Å²) >= 11 is 1.42. The molecule has 0 aliphatic carbocycles. The van der Waals surface area contributed by atoms with Gasteiger partial charge in [-0.1, -0.05) is 20.3 Å². The van der Waals surface area contributed by atoms with Crippen molar-refractivity contribution in [2.75, 3.05) is 5.32 Å². The maximum Gasteiger partial charge on any atom is 0.319 e. The zero-order valence-electron chi connectivity index (χ0n) is 11.0. The molecule has 1 aromatic heterocycles. The predicted octanol–water partition coefficient (Wildman–Crippen LogP) is 4.20. The molecule has 102 valence electrons. The van der Waals surface area contributed by atoms with Gasteiger partial charge in [0, 0.05) is 6.04 Å². The van der Waals surface area contributed by atoms with E-state index in [0.717, 1.165) is 24.0 Å². The number of hydrogen-bond acceptors (Lipinski definition) is 5. The van der Waals surface area contributed by atoms with Crippen LogP contribution < -0.4 is 5.32 Å². The minimum absolute atomic E-state index is 0.0910. The standard InChI is InChI=1S/C13H17N3O2S/c1-3-5-9(4-2)15-10-6-7-11-12(14-8-19-11)13(10)16(17)18/h6-9,15H,3-5H2,1-2H3. The second kappa shape index (κ2) is 5.97. The van der Waals surface area contributed by atoms with E-state index in [1.54, 1.807) is 11.6 Å². The van der Waals surface area contributed by atoms with E-state index in [1.807, 2.05) is 6.07 Å². The Morgan fingerprint density at radius 1 is 1.47 bits per heavy atom. The highest BCUT2D eigenvalue weighted by atomic mass is 32.1. The molecule has 0 fully saturated rings. The Balaban J connectivity index is 2.41. The third kappa shape index (κ3) is 2.84. The number of aromatic nitrogens is 1. The number of rotatable bonds is 6. The van der Waals surface area contributed by atoms with E-state index in [1.165, 1.54) is 11.3 Å². The number of hydrogen-bond donors (Lipinski definition) is 1. The molecule has 0 bridgehead atoms. The van der Waals surface area contributed by atoms with Crippen LogP contribution in [-0.2, 0) is 0 Å². The van der Waals surface area contributed by atoms with Crippen LogP contribution in [0.4, 0.5) is 11.4 Å². The van der Waals surface area contributed by atoms with Gasteiger partial charge in [-0.05, 0) is 25.0 Å². The van der Waals surface area contributed by atoms with Gasteiger partial charge in [0.25, 0.3) is 0 Å². The van der Waals surface area contributed by atoms with E-state index in [2.05, 4.69) is 24.1 Å². The number of nitro groups is 1. The van der Waals surface area contributed by atoms with Crippen LogP contribution in [0.25, 0.3) is 10.2 Å². The molecule has 0 saturated carbocycles. The maximum absolute atomic E-state index is 11.3. The van der Waals surface area contributed by atoms with Gasteiger partial charge in [-0.25, -0.2) is 4.98 Å². The molecular weight excluding hydrogens is 262 g/mol. The number of anilines is 1. The molecule has 19 heavy (non-hydrogen) atoms. The van der Waals surface area contributed by atoms with Crippen LogP contribution in [0.3, 0.4) is 0 Å². The van der Waals surface area contributed by atoms with Gasteiger partial charge in [-0.2, -0.15) is 0 Å². The summed E-state index contributed by atoms with van der Waals surface area (Å²) in [6.45, 7) is 4.20. The summed E-state index contributed by atoms with van der Waals surface area (Å²) in [5.74, 6) is 0. The normalized spacial score (nSPS) is 12.5. The molecule has 0 spiro atoms. The quantitative estimate of drug-likeness (QED) is 0.635. The fourth-order valence-electron chi connectivity index (χ4n) is 2.16. The Bertz CT molecular complexity index is 582. The third-order valence-electron chi connectivity index (χ3n) is 3.15. The lowest BCUT2D eigenvalue weighted by atomic mass is 10.1. The van der Waals surface area contributed by atoms with Crippen LogP contribution >= 0.6 is 11.3 Å². The summed E-state index contributed by atoms with van der Waals surface area (Å²) in [4.78, 5) is 15.1. The van der Waals surface area contributed by atoms with Crippen LogP contribution in [0.2, 0.25) is 0 Å². The Kier molecular flexibility index (Phi) is 4.31. The van der Waals surface area contributed by atoms with Crippen molar-refractivity contribution in [2.24, 2.45) is 0 Å². The van der Waals surface area contributed by atoms with Crippen LogP contribution in [0.5, 0.6) is 0 Å². The molecule has 0 radical (unpaired) electrons. The second-order valence-electron chi connectivity index (χ2n) is 4.46. The summed E-state index contributed by atoms with van der Waals surface area (Å²) < 4.78 is 0.848. The second-order valence-corrected chi connectivity index (χ2v) is 5.34. The fourth-order valence-corrected chi connectivity index (χ4v) is 2.84. The van der Waals surface area contributed by atoms with Gasteiger partial charge in [0.1, 0.15) is 5.69 Å². The minimum Gasteiger partial charge on any atom is -0.377 e. The molecule has 1 heterocycles. The summed E-state index contributed by atoms with van der Waals surface area (Å²) in [6.07, 6.45) is 3.00. The lowest BCUT2D eigenvalue weighted by Crippen LogP contribution is -2.18. The highest BCUT2D eigenvalue weighted by Crippen LogP contribution is 2.35. The smallest absolute Gasteiger partial charge is 0.319 e. The molecular formula is C13H17N3O2S. The van der Waals surface area contributed by atoms with Crippen molar-refractivity contribution < 1.29 is 4.92 Å². The number of nitrogens with one attached hydrogen (secondary N) is 1. The molecule has 0 aliphatic heterocycles. The first-order valence-corrected chi connectivity index (χ1v) is 7.32. The van der Waals surface area contributed by atoms with Crippen molar-refractivity contribution in [1.29, 1.82) is 0 Å². The molecule has 2 aromatic rings. The molecule has 1 aromatic carbocycles. The van der Waals surface area contributed by atoms with Crippen LogP contribution in [0.1, 0.15) is 33.1 Å². The van der Waals surface area contributed by atoms with E-state index in [4.69, 9.17) is 0 Å². The van der Waals surface area contributed by atoms with Crippen molar-refractivity contribution in [3.05, 3.63) is 27.8 Å². The van der Waals surface area contributed by atoms with Gasteiger partial charge in [0.2, 0.25) is 0 Å². The Labute approximate surface area is 115 Å². The Morgan fingerprint density at radius 2 is 2.26 bits per heavy atom. The van der Waals surface area contributed by atoms with Crippen LogP contribution in [-0.4, -0.2) is 15.9 Å². The van der Waals surface area contributed by atoms with Crippen LogP contribution in [0.15, 0.2) is 17.6 Å². The predicted molar refractivity (Wildman–Crippen MR) is 78.9 cm³/mol. The topological polar surface area (TPSA) is 68.1 Å². The monoisotopic (exact) mass is 279 g/mol. The Hall–Kier alpha value is -1.69. The SMILES string of the molecule is CCCC(CC)Nc1ccc2scnc2c1[N+](=O)[O-]. The van der Waals surface area contributed by atoms with Gasteiger partial charge >= 0.3 is 5.69 Å². The van der Waals surface area contributed by atoms with Gasteiger partial charge in [-0.3, -0.25) is 10.1 Å². The molecule has 1 atom stereocenters. The van der Waals surface area contributed by atoms with Crippen LogP contribution in [0, 0.1) is 10.1 Å². The molecule has 1 unspecified atom stereocenters. The van der Waals surface area contributed by atoms with Crippen molar-refractivity contribution >= 4 is 32.9 Å². The third-order valence-corrected chi connectivity index (χ3v) is 3.94. The summed E-state index contributed by atoms with van der Waals surface area (Å²) in [5.41, 5.74) is 2.79. The van der Waals surface area contributed by atoms with E-state index in [0.29, 0.717) is 11.2 Å². The van der Waals surface area contributed by atoms with Gasteiger partial charge in [0.15, 0.2) is 5.52 Å². The van der Waals surface area contributed by atoms with Gasteiger partial charge < -0.3 is 5.32 Å². The molecule has 0 amide bonds. The highest BCUT2D eigenvalue weighted by molar-refractivity contribution is 7.16. The summed E-state index contributed by atoms with van der Waals surface area (Å²) in [7, 11) is 0. The number of benzene rings is 1. The number of thiazole rings is 1. The molecule has 2 rings (SSSR count). The van der Waals surface area contributed by atoms with Crippen molar-refractivity contribution in [2.45, 2.75) is 39.2 Å². The maximum atomic E-state index is 11.3. The molecule has 6 heteroatoms. The Morgan fingerprint density at radius 3 is 2.89 bits per heavy atom. The first-order valence-electron chi connectivity index (χ1n) is 6.44. The minimum atomic E-state index is -0.344. The number of nitro benzene ring substituents is 1. The zero-order valence-corrected chi connectivity index (χ0v) is 11.9. The van der Waals surface area contributed by atoms with Crippen molar-refractivity contribution in [3.63, 3.8) is 0 Å². The summed E-state index contributed by atoms with van der Waals surface area (Å²) in [6, 6.07) is 3.94. The molecule has 5 nitrogen and oxygen atoms in total. The molecule has 1 N–H and O–H groups in total. The largest absolute Gasteiger partial charge is 0.377 e. The van der Waals surface area contributed by atoms with E-state index in [9.17, 15) is 10.1 Å². The van der Waals surface area contributed by atoms with E-state index >= 15 is 0 Å². The fraction of sp³-hybridized carbons (Fsp3) is 0.462. The lowest BCUT2D eigenvalue weighted by Gasteiger charge is -2.17. The summed E-state index contributed by atoms with van der Waals surface area (Å²) in [5, 5.41) is 14.6. The molecule has 0 aliphatic rings. The average molecular weight is 279 g/mol. The van der Waals surface area contributed by atoms with Crippen molar-refractivity contribution in [3.8, 4) is 0 Å². The first kappa shape index (κ1) is 13.7. The van der Waals surface area contributed by atoms with Gasteiger partial charge in [0.05, 0.1) is 15.1 Å².